The Morgan fingerprint density at radius 3 is 2.74 bits per heavy atom. The topological polar surface area (TPSA) is 128 Å². The van der Waals surface area contributed by atoms with Crippen molar-refractivity contribution in [3.05, 3.63) is 41.2 Å². The van der Waals surface area contributed by atoms with Crippen LogP contribution in [-0.4, -0.2) is 70.8 Å². The minimum absolute atomic E-state index is 0.0299. The summed E-state index contributed by atoms with van der Waals surface area (Å²) in [6.45, 7) is 4.34. The lowest BCUT2D eigenvalue weighted by atomic mass is 9.81. The minimum Gasteiger partial charge on any atom is -0.381 e. The van der Waals surface area contributed by atoms with Crippen LogP contribution in [0, 0.1) is 11.8 Å². The third-order valence-electron chi connectivity index (χ3n) is 8.98. The second-order valence-corrected chi connectivity index (χ2v) is 13.7. The summed E-state index contributed by atoms with van der Waals surface area (Å²) in [4.78, 5) is 36.0. The summed E-state index contributed by atoms with van der Waals surface area (Å²) in [6, 6.07) is 1.04. The van der Waals surface area contributed by atoms with Gasteiger partial charge in [0.1, 0.15) is 5.69 Å². The van der Waals surface area contributed by atoms with Gasteiger partial charge in [0.05, 0.1) is 29.3 Å². The Hall–Kier alpha value is -2.75. The highest BCUT2D eigenvalue weighted by Gasteiger charge is 2.40. The van der Waals surface area contributed by atoms with E-state index in [4.69, 9.17) is 19.8 Å². The number of alkyl halides is 3. The van der Waals surface area contributed by atoms with E-state index in [1.165, 1.54) is 0 Å². The summed E-state index contributed by atoms with van der Waals surface area (Å²) < 4.78 is 37.4. The van der Waals surface area contributed by atoms with E-state index in [9.17, 15) is 18.4 Å². The van der Waals surface area contributed by atoms with Crippen LogP contribution in [0.15, 0.2) is 18.5 Å². The number of hydrogen-bond donors (Lipinski definition) is 2. The Balaban J connectivity index is 1.36. The van der Waals surface area contributed by atoms with E-state index in [2.05, 4.69) is 38.3 Å². The molecule has 2 N–H and O–H groups in total. The van der Waals surface area contributed by atoms with Gasteiger partial charge in [-0.1, -0.05) is 22.6 Å². The fourth-order valence-corrected chi connectivity index (χ4v) is 7.40. The van der Waals surface area contributed by atoms with Crippen LogP contribution in [0.2, 0.25) is 0 Å². The first-order valence-electron chi connectivity index (χ1n) is 15.2. The molecule has 3 fully saturated rings. The van der Waals surface area contributed by atoms with E-state index in [0.717, 1.165) is 30.7 Å². The van der Waals surface area contributed by atoms with Crippen molar-refractivity contribution in [2.45, 2.75) is 86.6 Å². The fourth-order valence-electron chi connectivity index (χ4n) is 6.56. The van der Waals surface area contributed by atoms with E-state index in [0.29, 0.717) is 53.8 Å². The number of hydrogen-bond acceptors (Lipinski definition) is 7. The summed E-state index contributed by atoms with van der Waals surface area (Å²) in [7, 11) is 0. The fraction of sp³-hybridized carbons (Fsp3) is 0.655. The molecule has 3 aromatic rings. The van der Waals surface area contributed by atoms with Crippen LogP contribution in [0.4, 0.5) is 8.78 Å². The molecule has 11 nitrogen and oxygen atoms in total. The van der Waals surface area contributed by atoms with Gasteiger partial charge in [-0.25, -0.2) is 23.3 Å². The molecule has 232 valence electrons. The molecular formula is C29H37F2IN8O3. The molecular weight excluding hydrogens is 673 g/mol. The molecule has 0 spiro atoms. The lowest BCUT2D eigenvalue weighted by Crippen LogP contribution is -2.43. The molecule has 3 aromatic heterocycles. The van der Waals surface area contributed by atoms with Crippen molar-refractivity contribution in [1.29, 1.82) is 0 Å². The molecule has 1 aliphatic carbocycles. The first kappa shape index (κ1) is 30.3. The predicted molar refractivity (Wildman–Crippen MR) is 161 cm³/mol. The van der Waals surface area contributed by atoms with Gasteiger partial charge < -0.3 is 15.4 Å². The van der Waals surface area contributed by atoms with Gasteiger partial charge in [0.2, 0.25) is 11.8 Å². The monoisotopic (exact) mass is 710 g/mol. The van der Waals surface area contributed by atoms with Gasteiger partial charge in [0.15, 0.2) is 0 Å². The van der Waals surface area contributed by atoms with E-state index in [1.54, 1.807) is 27.7 Å². The van der Waals surface area contributed by atoms with E-state index in [1.807, 2.05) is 6.92 Å². The van der Waals surface area contributed by atoms with Crippen LogP contribution < -0.4 is 10.6 Å². The van der Waals surface area contributed by atoms with Gasteiger partial charge in [-0.15, -0.1) is 0 Å². The quantitative estimate of drug-likeness (QED) is 0.267. The van der Waals surface area contributed by atoms with Crippen LogP contribution in [0.3, 0.4) is 0 Å². The summed E-state index contributed by atoms with van der Waals surface area (Å²) in [5.41, 5.74) is 2.53. The van der Waals surface area contributed by atoms with E-state index >= 15 is 0 Å². The molecule has 3 atom stereocenters. The van der Waals surface area contributed by atoms with Crippen molar-refractivity contribution in [2.75, 3.05) is 19.8 Å². The van der Waals surface area contributed by atoms with Gasteiger partial charge in [0.25, 0.3) is 11.7 Å². The normalized spacial score (nSPS) is 24.1. The van der Waals surface area contributed by atoms with Crippen molar-refractivity contribution in [3.8, 4) is 0 Å². The van der Waals surface area contributed by atoms with Gasteiger partial charge >= 0.3 is 0 Å². The smallest absolute Gasteiger partial charge is 0.270 e. The number of imidazole rings is 1. The number of ether oxygens (including phenoxy) is 1. The summed E-state index contributed by atoms with van der Waals surface area (Å²) in [5, 5.41) is 15.3. The third kappa shape index (κ3) is 6.69. The molecule has 5 heterocycles. The number of halogens is 3. The number of piperidine rings is 1. The average Bonchev–Trinajstić information content (AvgIpc) is 3.65. The predicted octanol–water partition coefficient (Wildman–Crippen LogP) is 4.01. The second-order valence-electron chi connectivity index (χ2n) is 11.9. The Morgan fingerprint density at radius 1 is 1.23 bits per heavy atom. The van der Waals surface area contributed by atoms with E-state index < -0.39 is 12.0 Å². The van der Waals surface area contributed by atoms with Gasteiger partial charge in [0, 0.05) is 67.5 Å². The van der Waals surface area contributed by atoms with Crippen LogP contribution in [0.25, 0.3) is 5.78 Å². The van der Waals surface area contributed by atoms with Crippen molar-refractivity contribution < 1.29 is 23.1 Å². The highest BCUT2D eigenvalue weighted by Crippen LogP contribution is 2.41. The van der Waals surface area contributed by atoms with Gasteiger partial charge in [-0.05, 0) is 51.0 Å². The Bertz CT molecular complexity index is 1460. The number of aryl methyl sites for hydroxylation is 1. The molecule has 14 heteroatoms. The average molecular weight is 711 g/mol. The van der Waals surface area contributed by atoms with Crippen molar-refractivity contribution in [3.63, 3.8) is 0 Å². The highest BCUT2D eigenvalue weighted by molar-refractivity contribution is 14.1. The molecule has 2 amide bonds. The SMILES string of the molecule is CCn1nccc1C(=O)N[C@H](c1cn2nc(C[C@@H]3C[C@H](I)CNC3=O)c(C3CCOCC3)nc2n1)C1CCC(F)(F)CC1. The van der Waals surface area contributed by atoms with Gasteiger partial charge in [-0.3, -0.25) is 14.3 Å². The number of amides is 2. The lowest BCUT2D eigenvalue weighted by molar-refractivity contribution is -0.126. The maximum Gasteiger partial charge on any atom is 0.270 e. The molecule has 1 saturated carbocycles. The Morgan fingerprint density at radius 2 is 2.00 bits per heavy atom. The zero-order valence-electron chi connectivity index (χ0n) is 24.1. The molecule has 43 heavy (non-hydrogen) atoms. The molecule has 3 aliphatic rings. The number of rotatable bonds is 8. The molecule has 0 bridgehead atoms. The van der Waals surface area contributed by atoms with Crippen molar-refractivity contribution in [1.82, 2.24) is 40.0 Å². The van der Waals surface area contributed by atoms with Crippen molar-refractivity contribution in [2.24, 2.45) is 11.8 Å². The van der Waals surface area contributed by atoms with Gasteiger partial charge in [-0.2, -0.15) is 10.2 Å². The number of carbonyl (C=O) groups is 2. The minimum atomic E-state index is -2.70. The largest absolute Gasteiger partial charge is 0.381 e. The number of aromatic nitrogens is 6. The Kier molecular flexibility index (Phi) is 8.94. The Labute approximate surface area is 262 Å². The second kappa shape index (κ2) is 12.7. The first-order valence-corrected chi connectivity index (χ1v) is 16.4. The summed E-state index contributed by atoms with van der Waals surface area (Å²) in [5.74, 6) is -2.92. The summed E-state index contributed by atoms with van der Waals surface area (Å²) in [6.07, 6.45) is 6.19. The maximum atomic E-state index is 14.1. The molecule has 2 aliphatic heterocycles. The zero-order chi connectivity index (χ0) is 30.1. The molecule has 2 saturated heterocycles. The van der Waals surface area contributed by atoms with E-state index in [-0.39, 0.29) is 55.3 Å². The summed E-state index contributed by atoms with van der Waals surface area (Å²) >= 11 is 2.37. The standard InChI is InChI=1S/C29H37F2IN8O3/c1-2-39-23(5-10-34-39)27(42)36-25(17-3-8-29(30,31)9-4-17)22-16-40-28(35-22)37-24(18-6-11-43-12-7-18)21(38-40)14-19-13-20(32)15-33-26(19)41/h5,10,16-20,25H,2-4,6-9,11-15H2,1H3,(H,33,41)(H,36,42)/t19-,20-,25-/m0/s1. The number of nitrogens with one attached hydrogen (secondary N) is 2. The molecule has 6 rings (SSSR count). The van der Waals surface area contributed by atoms with Crippen LogP contribution >= 0.6 is 22.6 Å². The first-order chi connectivity index (χ1) is 20.7. The number of fused-ring (bicyclic) bond motifs is 1. The molecule has 0 unspecified atom stereocenters. The molecule has 0 aromatic carbocycles. The maximum absolute atomic E-state index is 14.1. The van der Waals surface area contributed by atoms with Crippen molar-refractivity contribution >= 4 is 40.2 Å². The van der Waals surface area contributed by atoms with Crippen LogP contribution in [0.1, 0.15) is 91.4 Å². The molecule has 0 radical (unpaired) electrons. The number of nitrogens with zero attached hydrogens (tertiary/aromatic N) is 6. The van der Waals surface area contributed by atoms with Crippen LogP contribution in [-0.2, 0) is 22.5 Å². The zero-order valence-corrected chi connectivity index (χ0v) is 26.3. The third-order valence-corrected chi connectivity index (χ3v) is 9.93. The lowest BCUT2D eigenvalue weighted by Gasteiger charge is -2.33. The highest BCUT2D eigenvalue weighted by atomic mass is 127. The van der Waals surface area contributed by atoms with Crippen LogP contribution in [0.5, 0.6) is 0 Å². The number of carbonyl (C=O) groups excluding carboxylic acids is 2.